The summed E-state index contributed by atoms with van der Waals surface area (Å²) in [5.74, 6) is 0.0408. The third-order valence-electron chi connectivity index (χ3n) is 5.77. The molecule has 32 heavy (non-hydrogen) atoms. The molecule has 2 heterocycles. The number of carbonyl (C=O) groups is 1. The summed E-state index contributed by atoms with van der Waals surface area (Å²) >= 11 is 1.47. The zero-order chi connectivity index (χ0) is 22.5. The van der Waals surface area contributed by atoms with Crippen molar-refractivity contribution in [3.05, 3.63) is 94.1 Å². The molecule has 4 rings (SSSR count). The highest BCUT2D eigenvalue weighted by Crippen LogP contribution is 2.35. The SMILES string of the molecule is CCn1c(C)cc(/C=C2\SC(=Nc3ccccc3)N(CCCc3ccccc3)C2=O)c1C. The number of amides is 1. The minimum absolute atomic E-state index is 0.0408. The molecule has 0 radical (unpaired) electrons. The standard InChI is InChI=1S/C27H29N3OS/c1-4-29-20(2)18-23(21(29)3)19-25-26(31)30(17-11-14-22-12-7-5-8-13-22)27(32-25)28-24-15-9-6-10-16-24/h5-10,12-13,15-16,18-19H,4,11,14,17H2,1-3H3/b25-19-,28-27?. The molecule has 0 spiro atoms. The van der Waals surface area contributed by atoms with Gasteiger partial charge in [0, 0.05) is 24.5 Å². The Morgan fingerprint density at radius 1 is 1.00 bits per heavy atom. The number of aliphatic imine (C=N–C) groups is 1. The first-order valence-corrected chi connectivity index (χ1v) is 11.9. The van der Waals surface area contributed by atoms with Crippen molar-refractivity contribution >= 4 is 34.6 Å². The summed E-state index contributed by atoms with van der Waals surface area (Å²) in [6, 6.07) is 22.4. The fourth-order valence-corrected chi connectivity index (χ4v) is 5.10. The average molecular weight is 444 g/mol. The lowest BCUT2D eigenvalue weighted by Crippen LogP contribution is -2.30. The van der Waals surface area contributed by atoms with Gasteiger partial charge in [-0.1, -0.05) is 48.5 Å². The molecule has 3 aromatic rings. The highest BCUT2D eigenvalue weighted by molar-refractivity contribution is 8.18. The summed E-state index contributed by atoms with van der Waals surface area (Å²) in [6.07, 6.45) is 3.85. The number of benzene rings is 2. The van der Waals surface area contributed by atoms with Gasteiger partial charge in [-0.2, -0.15) is 0 Å². The van der Waals surface area contributed by atoms with Crippen LogP contribution in [0.2, 0.25) is 0 Å². The average Bonchev–Trinajstić information content (AvgIpc) is 3.24. The second-order valence-corrected chi connectivity index (χ2v) is 8.97. The molecule has 0 bridgehead atoms. The van der Waals surface area contributed by atoms with E-state index < -0.39 is 0 Å². The molecule has 1 fully saturated rings. The van der Waals surface area contributed by atoms with E-state index in [2.05, 4.69) is 55.7 Å². The molecule has 0 saturated carbocycles. The Morgan fingerprint density at radius 3 is 2.34 bits per heavy atom. The minimum Gasteiger partial charge on any atom is -0.349 e. The zero-order valence-corrected chi connectivity index (χ0v) is 19.7. The molecule has 0 N–H and O–H groups in total. The second kappa shape index (κ2) is 10.0. The van der Waals surface area contributed by atoms with Crippen molar-refractivity contribution in [2.24, 2.45) is 4.99 Å². The smallest absolute Gasteiger partial charge is 0.266 e. The summed E-state index contributed by atoms with van der Waals surface area (Å²) in [7, 11) is 0. The topological polar surface area (TPSA) is 37.6 Å². The molecule has 1 aliphatic rings. The van der Waals surface area contributed by atoms with Gasteiger partial charge in [-0.15, -0.1) is 0 Å². The third kappa shape index (κ3) is 4.89. The van der Waals surface area contributed by atoms with Crippen molar-refractivity contribution in [3.8, 4) is 0 Å². The first-order chi connectivity index (χ1) is 15.6. The normalized spacial score (nSPS) is 16.5. The highest BCUT2D eigenvalue weighted by Gasteiger charge is 2.33. The van der Waals surface area contributed by atoms with Crippen LogP contribution >= 0.6 is 11.8 Å². The lowest BCUT2D eigenvalue weighted by Gasteiger charge is -2.15. The van der Waals surface area contributed by atoms with Crippen LogP contribution in [-0.4, -0.2) is 27.1 Å². The summed E-state index contributed by atoms with van der Waals surface area (Å²) in [6.45, 7) is 7.95. The van der Waals surface area contributed by atoms with E-state index >= 15 is 0 Å². The number of aryl methyl sites for hydroxylation is 2. The Labute approximate surface area is 194 Å². The van der Waals surface area contributed by atoms with Gasteiger partial charge in [-0.3, -0.25) is 9.69 Å². The van der Waals surface area contributed by atoms with E-state index in [0.29, 0.717) is 6.54 Å². The molecule has 0 aliphatic carbocycles. The van der Waals surface area contributed by atoms with E-state index in [1.165, 1.54) is 28.7 Å². The van der Waals surface area contributed by atoms with Gasteiger partial charge in [0.05, 0.1) is 10.6 Å². The molecule has 0 unspecified atom stereocenters. The lowest BCUT2D eigenvalue weighted by atomic mass is 10.1. The number of thioether (sulfide) groups is 1. The van der Waals surface area contributed by atoms with Crippen LogP contribution in [-0.2, 0) is 17.8 Å². The molecule has 4 nitrogen and oxygen atoms in total. The van der Waals surface area contributed by atoms with Crippen molar-refractivity contribution in [3.63, 3.8) is 0 Å². The van der Waals surface area contributed by atoms with Crippen LogP contribution in [0, 0.1) is 13.8 Å². The summed E-state index contributed by atoms with van der Waals surface area (Å²) in [5.41, 5.74) is 5.66. The molecule has 1 amide bonds. The molecule has 1 aromatic heterocycles. The van der Waals surface area contributed by atoms with Crippen LogP contribution in [0.1, 0.15) is 35.9 Å². The molecule has 164 valence electrons. The monoisotopic (exact) mass is 443 g/mol. The van der Waals surface area contributed by atoms with Gasteiger partial charge >= 0.3 is 0 Å². The fraction of sp³-hybridized carbons (Fsp3) is 0.259. The van der Waals surface area contributed by atoms with Crippen LogP contribution < -0.4 is 0 Å². The number of para-hydroxylation sites is 1. The second-order valence-electron chi connectivity index (χ2n) is 7.96. The maximum Gasteiger partial charge on any atom is 0.266 e. The first kappa shape index (κ1) is 22.2. The number of amidine groups is 1. The zero-order valence-electron chi connectivity index (χ0n) is 18.9. The number of hydrogen-bond acceptors (Lipinski definition) is 3. The predicted molar refractivity (Wildman–Crippen MR) is 135 cm³/mol. The maximum atomic E-state index is 13.4. The van der Waals surface area contributed by atoms with Gasteiger partial charge in [-0.25, -0.2) is 4.99 Å². The van der Waals surface area contributed by atoms with Crippen molar-refractivity contribution < 1.29 is 4.79 Å². The Kier molecular flexibility index (Phi) is 6.96. The van der Waals surface area contributed by atoms with Crippen LogP contribution in [0.5, 0.6) is 0 Å². The molecule has 1 aliphatic heterocycles. The number of rotatable bonds is 7. The van der Waals surface area contributed by atoms with E-state index in [9.17, 15) is 4.79 Å². The Morgan fingerprint density at radius 2 is 1.69 bits per heavy atom. The summed E-state index contributed by atoms with van der Waals surface area (Å²) < 4.78 is 2.27. The van der Waals surface area contributed by atoms with Gasteiger partial charge in [0.25, 0.3) is 5.91 Å². The van der Waals surface area contributed by atoms with Crippen molar-refractivity contribution in [1.82, 2.24) is 9.47 Å². The summed E-state index contributed by atoms with van der Waals surface area (Å²) in [5, 5.41) is 0.754. The minimum atomic E-state index is 0.0408. The van der Waals surface area contributed by atoms with Crippen molar-refractivity contribution in [2.45, 2.75) is 40.2 Å². The van der Waals surface area contributed by atoms with Gasteiger partial charge < -0.3 is 4.57 Å². The molecular weight excluding hydrogens is 414 g/mol. The molecule has 5 heteroatoms. The van der Waals surface area contributed by atoms with Gasteiger partial charge in [-0.05, 0) is 80.8 Å². The quantitative estimate of drug-likeness (QED) is 0.398. The van der Waals surface area contributed by atoms with Gasteiger partial charge in [0.15, 0.2) is 5.17 Å². The van der Waals surface area contributed by atoms with E-state index in [-0.39, 0.29) is 5.91 Å². The highest BCUT2D eigenvalue weighted by atomic mass is 32.2. The maximum absolute atomic E-state index is 13.4. The third-order valence-corrected chi connectivity index (χ3v) is 6.78. The van der Waals surface area contributed by atoms with E-state index in [0.717, 1.165) is 40.7 Å². The molecule has 0 atom stereocenters. The largest absolute Gasteiger partial charge is 0.349 e. The van der Waals surface area contributed by atoms with E-state index in [4.69, 9.17) is 4.99 Å². The van der Waals surface area contributed by atoms with Gasteiger partial charge in [0.1, 0.15) is 0 Å². The number of aromatic nitrogens is 1. The summed E-state index contributed by atoms with van der Waals surface area (Å²) in [4.78, 5) is 20.8. The predicted octanol–water partition coefficient (Wildman–Crippen LogP) is 6.36. The van der Waals surface area contributed by atoms with Crippen LogP contribution in [0.4, 0.5) is 5.69 Å². The van der Waals surface area contributed by atoms with E-state index in [1.807, 2.05) is 47.4 Å². The van der Waals surface area contributed by atoms with Gasteiger partial charge in [0.2, 0.25) is 0 Å². The fourth-order valence-electron chi connectivity index (χ4n) is 4.09. The molecule has 1 saturated heterocycles. The number of nitrogens with zero attached hydrogens (tertiary/aromatic N) is 3. The van der Waals surface area contributed by atoms with Crippen LogP contribution in [0.15, 0.2) is 76.6 Å². The number of carbonyl (C=O) groups excluding carboxylic acids is 1. The molecule has 2 aromatic carbocycles. The van der Waals surface area contributed by atoms with Crippen molar-refractivity contribution in [1.29, 1.82) is 0 Å². The van der Waals surface area contributed by atoms with Crippen molar-refractivity contribution in [2.75, 3.05) is 6.54 Å². The Bertz CT molecular complexity index is 1150. The first-order valence-electron chi connectivity index (χ1n) is 11.1. The van der Waals surface area contributed by atoms with E-state index in [1.54, 1.807) is 0 Å². The lowest BCUT2D eigenvalue weighted by molar-refractivity contribution is -0.122. The van der Waals surface area contributed by atoms with Crippen LogP contribution in [0.3, 0.4) is 0 Å². The number of hydrogen-bond donors (Lipinski definition) is 0. The Balaban J connectivity index is 1.60. The molecular formula is C27H29N3OS. The van der Waals surface area contributed by atoms with Crippen LogP contribution in [0.25, 0.3) is 6.08 Å². The Hall–Kier alpha value is -3.05.